The Morgan fingerprint density at radius 1 is 0.870 bits per heavy atom. The van der Waals surface area contributed by atoms with Gasteiger partial charge in [0.05, 0.1) is 24.6 Å². The van der Waals surface area contributed by atoms with E-state index in [2.05, 4.69) is 9.97 Å². The molecule has 0 aliphatic rings. The van der Waals surface area contributed by atoms with Gasteiger partial charge in [-0.25, -0.2) is 9.97 Å². The Hall–Kier alpha value is -4.93. The first-order valence-corrected chi connectivity index (χ1v) is 14.7. The van der Waals surface area contributed by atoms with Crippen LogP contribution in [0.5, 0.6) is 5.75 Å². The summed E-state index contributed by atoms with van der Waals surface area (Å²) in [4.78, 5) is 35.9. The number of hydrogen-bond acceptors (Lipinski definition) is 6. The maximum absolute atomic E-state index is 13.7. The van der Waals surface area contributed by atoms with Gasteiger partial charge < -0.3 is 19.6 Å². The predicted molar refractivity (Wildman–Crippen MR) is 170 cm³/mol. The summed E-state index contributed by atoms with van der Waals surface area (Å²) in [5.41, 5.74) is 5.28. The molecule has 0 aliphatic heterocycles. The molecule has 4 rings (SSSR count). The van der Waals surface area contributed by atoms with Crippen molar-refractivity contribution >= 4 is 17.8 Å². The molecule has 46 heavy (non-hydrogen) atoms. The average molecular weight is 635 g/mol. The number of aromatic nitrogens is 2. The molecular formula is C35H37F3N4O4. The third kappa shape index (κ3) is 8.83. The lowest BCUT2D eigenvalue weighted by Crippen LogP contribution is -2.25. The van der Waals surface area contributed by atoms with Crippen molar-refractivity contribution in [3.8, 4) is 16.9 Å². The predicted octanol–water partition coefficient (Wildman–Crippen LogP) is 7.24. The van der Waals surface area contributed by atoms with Crippen LogP contribution < -0.4 is 9.64 Å². The van der Waals surface area contributed by atoms with E-state index >= 15 is 0 Å². The van der Waals surface area contributed by atoms with Crippen molar-refractivity contribution in [2.75, 3.05) is 25.6 Å². The summed E-state index contributed by atoms with van der Waals surface area (Å²) in [6, 6.07) is 15.5. The van der Waals surface area contributed by atoms with Crippen LogP contribution >= 0.6 is 0 Å². The number of nitrogens with zero attached hydrogens (tertiary/aromatic N) is 4. The Kier molecular flexibility index (Phi) is 10.7. The van der Waals surface area contributed by atoms with Crippen LogP contribution in [0.3, 0.4) is 0 Å². The SMILES string of the molecule is Cc1cc(CN(Cc2cc(C)ccc2-c2cc(C(=O)N(C)C)ccc2C)c2ncc(OCCCC(=O)O)cn2)cc(C(F)(F)F)c1. The van der Waals surface area contributed by atoms with Crippen molar-refractivity contribution in [3.05, 3.63) is 106 Å². The highest BCUT2D eigenvalue weighted by atomic mass is 19.4. The zero-order valence-corrected chi connectivity index (χ0v) is 26.5. The van der Waals surface area contributed by atoms with Gasteiger partial charge in [0, 0.05) is 39.2 Å². The number of amides is 1. The number of alkyl halides is 3. The zero-order chi connectivity index (χ0) is 33.6. The summed E-state index contributed by atoms with van der Waals surface area (Å²) in [7, 11) is 3.39. The van der Waals surface area contributed by atoms with Gasteiger partial charge in [-0.05, 0) is 79.3 Å². The number of carbonyl (C=O) groups is 2. The molecule has 0 saturated carbocycles. The normalized spacial score (nSPS) is 11.3. The first kappa shape index (κ1) is 34.0. The number of carbonyl (C=O) groups excluding carboxylic acids is 1. The van der Waals surface area contributed by atoms with Crippen LogP contribution in [0.2, 0.25) is 0 Å². The number of rotatable bonds is 12. The second-order valence-electron chi connectivity index (χ2n) is 11.5. The van der Waals surface area contributed by atoms with E-state index in [1.807, 2.05) is 44.2 Å². The molecule has 4 aromatic rings. The lowest BCUT2D eigenvalue weighted by molar-refractivity contribution is -0.138. The molecule has 3 aromatic carbocycles. The number of benzene rings is 3. The van der Waals surface area contributed by atoms with Crippen molar-refractivity contribution in [3.63, 3.8) is 0 Å². The molecule has 1 heterocycles. The van der Waals surface area contributed by atoms with Crippen molar-refractivity contribution < 1.29 is 32.6 Å². The molecule has 1 N–H and O–H groups in total. The first-order chi connectivity index (χ1) is 21.7. The molecule has 0 unspecified atom stereocenters. The van der Waals surface area contributed by atoms with E-state index in [1.165, 1.54) is 17.3 Å². The largest absolute Gasteiger partial charge is 0.490 e. The highest BCUT2D eigenvalue weighted by Gasteiger charge is 2.31. The van der Waals surface area contributed by atoms with E-state index in [1.54, 1.807) is 38.1 Å². The van der Waals surface area contributed by atoms with E-state index in [4.69, 9.17) is 9.84 Å². The smallest absolute Gasteiger partial charge is 0.416 e. The molecule has 0 bridgehead atoms. The quantitative estimate of drug-likeness (QED) is 0.164. The van der Waals surface area contributed by atoms with Gasteiger partial charge in [0.1, 0.15) is 0 Å². The number of halogens is 3. The van der Waals surface area contributed by atoms with Crippen LogP contribution in [0.25, 0.3) is 11.1 Å². The molecule has 0 saturated heterocycles. The molecule has 1 amide bonds. The van der Waals surface area contributed by atoms with Crippen LogP contribution in [-0.4, -0.2) is 52.6 Å². The number of carboxylic acids is 1. The maximum atomic E-state index is 13.7. The second-order valence-corrected chi connectivity index (χ2v) is 11.5. The molecule has 0 atom stereocenters. The maximum Gasteiger partial charge on any atom is 0.416 e. The van der Waals surface area contributed by atoms with Gasteiger partial charge in [-0.1, -0.05) is 41.5 Å². The van der Waals surface area contributed by atoms with E-state index in [0.29, 0.717) is 28.9 Å². The Balaban J connectivity index is 1.75. The molecule has 0 spiro atoms. The fraction of sp³-hybridized carbons (Fsp3) is 0.314. The van der Waals surface area contributed by atoms with Crippen LogP contribution in [-0.2, 0) is 24.1 Å². The number of hydrogen-bond donors (Lipinski definition) is 1. The molecule has 0 radical (unpaired) electrons. The zero-order valence-electron chi connectivity index (χ0n) is 26.5. The summed E-state index contributed by atoms with van der Waals surface area (Å²) < 4.78 is 46.8. The first-order valence-electron chi connectivity index (χ1n) is 14.7. The van der Waals surface area contributed by atoms with Crippen LogP contribution in [0, 0.1) is 20.8 Å². The fourth-order valence-electron chi connectivity index (χ4n) is 5.12. The topological polar surface area (TPSA) is 95.9 Å². The standard InChI is InChI=1S/C35H37F3N4O4/c1-22-8-11-30(31-17-26(10-9-24(31)3)33(45)41(4)5)27(14-22)21-42(20-25-13-23(2)15-28(16-25)35(36,37)38)34-39-18-29(19-40-34)46-12-6-7-32(43)44/h8-11,13-19H,6-7,12,20-21H2,1-5H3,(H,43,44). The van der Waals surface area contributed by atoms with E-state index in [9.17, 15) is 22.8 Å². The van der Waals surface area contributed by atoms with Gasteiger partial charge >= 0.3 is 12.1 Å². The van der Waals surface area contributed by atoms with Gasteiger partial charge in [0.15, 0.2) is 5.75 Å². The number of ether oxygens (including phenoxy) is 1. The highest BCUT2D eigenvalue weighted by Crippen LogP contribution is 2.33. The number of anilines is 1. The fourth-order valence-corrected chi connectivity index (χ4v) is 5.12. The molecule has 1 aromatic heterocycles. The average Bonchev–Trinajstić information content (AvgIpc) is 2.99. The molecule has 8 nitrogen and oxygen atoms in total. The van der Waals surface area contributed by atoms with Crippen molar-refractivity contribution in [1.82, 2.24) is 14.9 Å². The highest BCUT2D eigenvalue weighted by molar-refractivity contribution is 5.95. The van der Waals surface area contributed by atoms with Crippen molar-refractivity contribution in [1.29, 1.82) is 0 Å². The summed E-state index contributed by atoms with van der Waals surface area (Å²) >= 11 is 0. The van der Waals surface area contributed by atoms with Crippen LogP contribution in [0.15, 0.2) is 67.0 Å². The lowest BCUT2D eigenvalue weighted by Gasteiger charge is -2.26. The molecular weight excluding hydrogens is 597 g/mol. The van der Waals surface area contributed by atoms with Gasteiger partial charge in [-0.15, -0.1) is 0 Å². The minimum Gasteiger partial charge on any atom is -0.490 e. The van der Waals surface area contributed by atoms with Gasteiger partial charge in [-0.2, -0.15) is 13.2 Å². The van der Waals surface area contributed by atoms with Crippen molar-refractivity contribution in [2.24, 2.45) is 0 Å². The monoisotopic (exact) mass is 634 g/mol. The Morgan fingerprint density at radius 3 is 2.24 bits per heavy atom. The van der Waals surface area contributed by atoms with Crippen LogP contribution in [0.4, 0.5) is 19.1 Å². The van der Waals surface area contributed by atoms with E-state index < -0.39 is 17.7 Å². The minimum atomic E-state index is -4.50. The Morgan fingerprint density at radius 2 is 1.59 bits per heavy atom. The van der Waals surface area contributed by atoms with E-state index in [-0.39, 0.29) is 38.0 Å². The minimum absolute atomic E-state index is 0.0341. The third-order valence-corrected chi connectivity index (χ3v) is 7.34. The molecule has 0 fully saturated rings. The Labute approximate surface area is 266 Å². The lowest BCUT2D eigenvalue weighted by atomic mass is 9.92. The van der Waals surface area contributed by atoms with Gasteiger partial charge in [0.25, 0.3) is 5.91 Å². The number of carboxylic acid groups (broad SMARTS) is 1. The molecule has 11 heteroatoms. The Bertz CT molecular complexity index is 1710. The molecule has 242 valence electrons. The van der Waals surface area contributed by atoms with Crippen molar-refractivity contribution in [2.45, 2.75) is 52.9 Å². The number of aliphatic carboxylic acids is 1. The second kappa shape index (κ2) is 14.4. The summed E-state index contributed by atoms with van der Waals surface area (Å²) in [5, 5.41) is 8.85. The third-order valence-electron chi connectivity index (χ3n) is 7.34. The summed E-state index contributed by atoms with van der Waals surface area (Å²) in [5.74, 6) is -0.431. The summed E-state index contributed by atoms with van der Waals surface area (Å²) in [6.45, 7) is 6.04. The van der Waals surface area contributed by atoms with E-state index in [0.717, 1.165) is 39.9 Å². The molecule has 0 aliphatic carbocycles. The van der Waals surface area contributed by atoms with Crippen LogP contribution in [0.1, 0.15) is 56.6 Å². The van der Waals surface area contributed by atoms with Gasteiger partial charge in [0.2, 0.25) is 5.95 Å². The van der Waals surface area contributed by atoms with Gasteiger partial charge in [-0.3, -0.25) is 9.59 Å². The number of aryl methyl sites for hydroxylation is 3. The summed E-state index contributed by atoms with van der Waals surface area (Å²) in [6.07, 6.45) is -1.29.